The van der Waals surface area contributed by atoms with Crippen LogP contribution in [-0.4, -0.2) is 17.3 Å². The second-order valence-corrected chi connectivity index (χ2v) is 3.03. The first-order valence-electron chi connectivity index (χ1n) is 4.21. The minimum absolute atomic E-state index is 0.199. The standard InChI is InChI=1S/C10H14O2/c1-3-8-5-6-9(11)10(7-8)12-4-2/h2-3,9-11H,5-7H2,1H3. The van der Waals surface area contributed by atoms with Gasteiger partial charge in [-0.15, -0.1) is 0 Å². The Morgan fingerprint density at radius 2 is 2.50 bits per heavy atom. The quantitative estimate of drug-likeness (QED) is 0.472. The molecule has 2 unspecified atom stereocenters. The molecule has 1 saturated carbocycles. The van der Waals surface area contributed by atoms with Crippen LogP contribution in [0.15, 0.2) is 11.6 Å². The van der Waals surface area contributed by atoms with Gasteiger partial charge in [-0.2, -0.15) is 0 Å². The van der Waals surface area contributed by atoms with E-state index in [0.29, 0.717) is 0 Å². The largest absolute Gasteiger partial charge is 0.440 e. The van der Waals surface area contributed by atoms with Gasteiger partial charge in [-0.05, 0) is 19.8 Å². The number of aliphatic hydroxyl groups excluding tert-OH is 1. The molecule has 0 bridgehead atoms. The van der Waals surface area contributed by atoms with Crippen LogP contribution < -0.4 is 0 Å². The van der Waals surface area contributed by atoms with Crippen molar-refractivity contribution in [3.05, 3.63) is 11.6 Å². The summed E-state index contributed by atoms with van der Waals surface area (Å²) in [6.07, 6.45) is 11.1. The van der Waals surface area contributed by atoms with Gasteiger partial charge in [0, 0.05) is 6.42 Å². The molecule has 1 fully saturated rings. The van der Waals surface area contributed by atoms with Crippen molar-refractivity contribution in [3.63, 3.8) is 0 Å². The lowest BCUT2D eigenvalue weighted by atomic mass is 9.90. The Morgan fingerprint density at radius 3 is 3.08 bits per heavy atom. The van der Waals surface area contributed by atoms with Crippen LogP contribution in [0, 0.1) is 12.5 Å². The summed E-state index contributed by atoms with van der Waals surface area (Å²) in [7, 11) is 0. The number of allylic oxidation sites excluding steroid dienone is 1. The van der Waals surface area contributed by atoms with E-state index >= 15 is 0 Å². The number of rotatable bonds is 1. The summed E-state index contributed by atoms with van der Waals surface area (Å²) < 4.78 is 4.96. The molecule has 0 aromatic heterocycles. The average Bonchev–Trinajstić information content (AvgIpc) is 2.09. The van der Waals surface area contributed by atoms with Gasteiger partial charge in [-0.3, -0.25) is 0 Å². The molecule has 0 radical (unpaired) electrons. The number of aliphatic hydroxyl groups is 1. The lowest BCUT2D eigenvalue weighted by molar-refractivity contribution is 0.00366. The summed E-state index contributed by atoms with van der Waals surface area (Å²) in [5.74, 6) is 0. The maximum absolute atomic E-state index is 9.47. The molecule has 0 aliphatic heterocycles. The van der Waals surface area contributed by atoms with E-state index in [1.807, 2.05) is 6.92 Å². The number of terminal acetylenes is 1. The van der Waals surface area contributed by atoms with Gasteiger partial charge in [-0.25, -0.2) is 0 Å². The first kappa shape index (κ1) is 9.15. The fraction of sp³-hybridized carbons (Fsp3) is 0.600. The number of hydrogen-bond donors (Lipinski definition) is 1. The normalized spacial score (nSPS) is 32.9. The van der Waals surface area contributed by atoms with Gasteiger partial charge in [0.2, 0.25) is 0 Å². The summed E-state index contributed by atoms with van der Waals surface area (Å²) >= 11 is 0. The molecular weight excluding hydrogens is 152 g/mol. The highest BCUT2D eigenvalue weighted by molar-refractivity contribution is 5.07. The van der Waals surface area contributed by atoms with Gasteiger partial charge >= 0.3 is 0 Å². The highest BCUT2D eigenvalue weighted by atomic mass is 16.5. The highest BCUT2D eigenvalue weighted by Crippen LogP contribution is 2.25. The predicted octanol–water partition coefficient (Wildman–Crippen LogP) is 1.45. The fourth-order valence-corrected chi connectivity index (χ4v) is 1.49. The second-order valence-electron chi connectivity index (χ2n) is 3.03. The Morgan fingerprint density at radius 1 is 1.75 bits per heavy atom. The van der Waals surface area contributed by atoms with E-state index in [0.717, 1.165) is 19.3 Å². The van der Waals surface area contributed by atoms with Gasteiger partial charge in [0.25, 0.3) is 0 Å². The number of ether oxygens (including phenoxy) is 1. The van der Waals surface area contributed by atoms with Crippen LogP contribution in [0.1, 0.15) is 26.2 Å². The second kappa shape index (κ2) is 4.18. The average molecular weight is 166 g/mol. The summed E-state index contributed by atoms with van der Waals surface area (Å²) in [4.78, 5) is 0. The molecular formula is C10H14O2. The molecule has 1 aliphatic rings. The van der Waals surface area contributed by atoms with E-state index in [-0.39, 0.29) is 6.10 Å². The first-order valence-corrected chi connectivity index (χ1v) is 4.21. The van der Waals surface area contributed by atoms with E-state index in [2.05, 4.69) is 12.2 Å². The molecule has 1 aliphatic carbocycles. The van der Waals surface area contributed by atoms with Gasteiger partial charge < -0.3 is 9.84 Å². The first-order chi connectivity index (χ1) is 5.77. The molecule has 0 heterocycles. The molecule has 12 heavy (non-hydrogen) atoms. The molecule has 0 saturated heterocycles. The monoisotopic (exact) mass is 166 g/mol. The molecule has 1 rings (SSSR count). The van der Waals surface area contributed by atoms with Crippen LogP contribution >= 0.6 is 0 Å². The summed E-state index contributed by atoms with van der Waals surface area (Å²) in [6, 6.07) is 0. The van der Waals surface area contributed by atoms with Gasteiger partial charge in [0.15, 0.2) is 0 Å². The smallest absolute Gasteiger partial charge is 0.140 e. The lowest BCUT2D eigenvalue weighted by Crippen LogP contribution is -2.31. The summed E-state index contributed by atoms with van der Waals surface area (Å²) in [5.41, 5.74) is 1.32. The third-order valence-corrected chi connectivity index (χ3v) is 2.28. The lowest BCUT2D eigenvalue weighted by Gasteiger charge is -2.27. The van der Waals surface area contributed by atoms with Crippen molar-refractivity contribution in [3.8, 4) is 12.5 Å². The van der Waals surface area contributed by atoms with E-state index < -0.39 is 6.10 Å². The number of hydrogen-bond acceptors (Lipinski definition) is 2. The molecule has 2 nitrogen and oxygen atoms in total. The van der Waals surface area contributed by atoms with Crippen molar-refractivity contribution in [1.29, 1.82) is 0 Å². The minimum atomic E-state index is -0.398. The molecule has 0 aromatic carbocycles. The van der Waals surface area contributed by atoms with Crippen molar-refractivity contribution in [2.24, 2.45) is 0 Å². The van der Waals surface area contributed by atoms with Crippen LogP contribution in [0.2, 0.25) is 0 Å². The Hall–Kier alpha value is -0.940. The van der Waals surface area contributed by atoms with Crippen molar-refractivity contribution < 1.29 is 9.84 Å². The van der Waals surface area contributed by atoms with Crippen molar-refractivity contribution in [1.82, 2.24) is 0 Å². The van der Waals surface area contributed by atoms with Gasteiger partial charge in [0.1, 0.15) is 12.2 Å². The van der Waals surface area contributed by atoms with E-state index in [4.69, 9.17) is 11.2 Å². The maximum Gasteiger partial charge on any atom is 0.140 e. The molecule has 0 aromatic rings. The Balaban J connectivity index is 2.54. The zero-order valence-corrected chi connectivity index (χ0v) is 7.29. The maximum atomic E-state index is 9.47. The molecule has 66 valence electrons. The zero-order chi connectivity index (χ0) is 8.97. The third kappa shape index (κ3) is 2.02. The van der Waals surface area contributed by atoms with Crippen LogP contribution in [0.25, 0.3) is 0 Å². The summed E-state index contributed by atoms with van der Waals surface area (Å²) in [5, 5.41) is 9.47. The topological polar surface area (TPSA) is 29.5 Å². The van der Waals surface area contributed by atoms with Crippen LogP contribution in [0.3, 0.4) is 0 Å². The van der Waals surface area contributed by atoms with Crippen molar-refractivity contribution in [2.75, 3.05) is 0 Å². The van der Waals surface area contributed by atoms with Crippen LogP contribution in [-0.2, 0) is 4.74 Å². The van der Waals surface area contributed by atoms with Crippen molar-refractivity contribution in [2.45, 2.75) is 38.4 Å². The highest BCUT2D eigenvalue weighted by Gasteiger charge is 2.26. The van der Waals surface area contributed by atoms with Gasteiger partial charge in [0.05, 0.1) is 6.10 Å². The Bertz CT molecular complexity index is 212. The molecule has 2 atom stereocenters. The molecule has 2 heteroatoms. The summed E-state index contributed by atoms with van der Waals surface area (Å²) in [6.45, 7) is 2.00. The third-order valence-electron chi connectivity index (χ3n) is 2.28. The van der Waals surface area contributed by atoms with E-state index in [1.54, 1.807) is 0 Å². The SMILES string of the molecule is C#COC1CC(=CC)CCC1O. The van der Waals surface area contributed by atoms with Crippen molar-refractivity contribution >= 4 is 0 Å². The molecule has 0 spiro atoms. The van der Waals surface area contributed by atoms with E-state index in [1.165, 1.54) is 5.57 Å². The fourth-order valence-electron chi connectivity index (χ4n) is 1.49. The van der Waals surface area contributed by atoms with Crippen LogP contribution in [0.5, 0.6) is 0 Å². The minimum Gasteiger partial charge on any atom is -0.440 e. The van der Waals surface area contributed by atoms with E-state index in [9.17, 15) is 5.11 Å². The Labute approximate surface area is 73.2 Å². The Kier molecular flexibility index (Phi) is 3.19. The predicted molar refractivity (Wildman–Crippen MR) is 47.3 cm³/mol. The van der Waals surface area contributed by atoms with Gasteiger partial charge in [-0.1, -0.05) is 18.1 Å². The zero-order valence-electron chi connectivity index (χ0n) is 7.29. The molecule has 0 amide bonds. The van der Waals surface area contributed by atoms with Crippen LogP contribution in [0.4, 0.5) is 0 Å². The molecule has 1 N–H and O–H groups in total.